The number of pyridine rings is 1. The fourth-order valence-electron chi connectivity index (χ4n) is 4.56. The summed E-state index contributed by atoms with van der Waals surface area (Å²) in [7, 11) is 0. The quantitative estimate of drug-likeness (QED) is 0.628. The normalized spacial score (nSPS) is 16.4. The molecule has 2 heterocycles. The Morgan fingerprint density at radius 2 is 1.83 bits per heavy atom. The maximum Gasteiger partial charge on any atom is 0.258 e. The average Bonchev–Trinajstić information content (AvgIpc) is 2.75. The first-order valence-electron chi connectivity index (χ1n) is 10.9. The van der Waals surface area contributed by atoms with E-state index in [0.29, 0.717) is 18.1 Å². The molecule has 4 heteroatoms. The van der Waals surface area contributed by atoms with Crippen molar-refractivity contribution in [2.45, 2.75) is 64.5 Å². The van der Waals surface area contributed by atoms with E-state index in [4.69, 9.17) is 0 Å². The molecular weight excluding hydrogens is 358 g/mol. The summed E-state index contributed by atoms with van der Waals surface area (Å²) in [4.78, 5) is 17.0. The van der Waals surface area contributed by atoms with Gasteiger partial charge in [-0.15, -0.1) is 0 Å². The molecule has 0 spiro atoms. The molecule has 1 saturated carbocycles. The van der Waals surface area contributed by atoms with E-state index in [-0.39, 0.29) is 11.6 Å². The van der Waals surface area contributed by atoms with Crippen molar-refractivity contribution in [3.63, 3.8) is 0 Å². The standard InChI is InChI=1S/C25H31N3O/c1-18(2)25(21-13-11-20(12-14-21)19-8-4-3-5-9-19)26-17-22-16-24(29)28-15-7-6-10-23(28)27-22/h6-7,10-16,18-19,25-26H,3-5,8-9,17H2,1-2H3/t25-/m0/s1. The highest BCUT2D eigenvalue weighted by molar-refractivity contribution is 5.38. The summed E-state index contributed by atoms with van der Waals surface area (Å²) >= 11 is 0. The van der Waals surface area contributed by atoms with Crippen LogP contribution < -0.4 is 10.9 Å². The van der Waals surface area contributed by atoms with Crippen molar-refractivity contribution < 1.29 is 0 Å². The Bertz CT molecular complexity index is 1000. The minimum absolute atomic E-state index is 0.0367. The third-order valence-corrected chi connectivity index (χ3v) is 6.17. The van der Waals surface area contributed by atoms with E-state index < -0.39 is 0 Å². The maximum atomic E-state index is 12.3. The van der Waals surface area contributed by atoms with E-state index in [2.05, 4.69) is 48.4 Å². The maximum absolute atomic E-state index is 12.3. The fraction of sp³-hybridized carbons (Fsp3) is 0.440. The largest absolute Gasteiger partial charge is 0.304 e. The van der Waals surface area contributed by atoms with Crippen LogP contribution in [0, 0.1) is 5.92 Å². The first kappa shape index (κ1) is 19.8. The molecule has 0 aliphatic heterocycles. The van der Waals surface area contributed by atoms with Gasteiger partial charge in [-0.25, -0.2) is 4.98 Å². The number of benzene rings is 1. The van der Waals surface area contributed by atoms with Crippen molar-refractivity contribution in [1.29, 1.82) is 0 Å². The van der Waals surface area contributed by atoms with Gasteiger partial charge in [-0.1, -0.05) is 63.4 Å². The van der Waals surface area contributed by atoms with Gasteiger partial charge < -0.3 is 5.32 Å². The lowest BCUT2D eigenvalue weighted by Gasteiger charge is -2.25. The van der Waals surface area contributed by atoms with Crippen molar-refractivity contribution in [1.82, 2.24) is 14.7 Å². The van der Waals surface area contributed by atoms with Crippen molar-refractivity contribution in [3.8, 4) is 0 Å². The van der Waals surface area contributed by atoms with Gasteiger partial charge in [0.2, 0.25) is 0 Å². The van der Waals surface area contributed by atoms with Gasteiger partial charge in [0.25, 0.3) is 5.56 Å². The summed E-state index contributed by atoms with van der Waals surface area (Å²) in [6.45, 7) is 5.04. The van der Waals surface area contributed by atoms with E-state index in [1.165, 1.54) is 43.2 Å². The summed E-state index contributed by atoms with van der Waals surface area (Å²) in [5.41, 5.74) is 4.22. The minimum Gasteiger partial charge on any atom is -0.304 e. The first-order chi connectivity index (χ1) is 14.1. The first-order valence-corrected chi connectivity index (χ1v) is 10.9. The highest BCUT2D eigenvalue weighted by Crippen LogP contribution is 2.33. The zero-order valence-corrected chi connectivity index (χ0v) is 17.5. The molecule has 1 fully saturated rings. The predicted molar refractivity (Wildman–Crippen MR) is 118 cm³/mol. The lowest BCUT2D eigenvalue weighted by Crippen LogP contribution is -2.27. The van der Waals surface area contributed by atoms with Gasteiger partial charge in [-0.3, -0.25) is 9.20 Å². The Morgan fingerprint density at radius 3 is 2.55 bits per heavy atom. The molecule has 0 saturated heterocycles. The van der Waals surface area contributed by atoms with Gasteiger partial charge in [0.05, 0.1) is 5.69 Å². The van der Waals surface area contributed by atoms with E-state index in [9.17, 15) is 4.79 Å². The lowest BCUT2D eigenvalue weighted by molar-refractivity contribution is 0.407. The summed E-state index contributed by atoms with van der Waals surface area (Å²) in [5.74, 6) is 1.18. The van der Waals surface area contributed by atoms with Gasteiger partial charge in [0, 0.05) is 24.8 Å². The van der Waals surface area contributed by atoms with Crippen LogP contribution >= 0.6 is 0 Å². The van der Waals surface area contributed by atoms with Crippen LogP contribution in [0.2, 0.25) is 0 Å². The zero-order valence-electron chi connectivity index (χ0n) is 17.5. The Labute approximate surface area is 173 Å². The molecule has 1 N–H and O–H groups in total. The monoisotopic (exact) mass is 389 g/mol. The second-order valence-electron chi connectivity index (χ2n) is 8.62. The fourth-order valence-corrected chi connectivity index (χ4v) is 4.56. The molecule has 152 valence electrons. The van der Waals surface area contributed by atoms with E-state index in [1.807, 2.05) is 18.2 Å². The van der Waals surface area contributed by atoms with Crippen molar-refractivity contribution in [2.75, 3.05) is 0 Å². The highest BCUT2D eigenvalue weighted by atomic mass is 16.1. The number of aromatic nitrogens is 2. The molecule has 0 radical (unpaired) electrons. The third kappa shape index (κ3) is 4.59. The second kappa shape index (κ2) is 8.91. The van der Waals surface area contributed by atoms with Crippen molar-refractivity contribution in [2.24, 2.45) is 5.92 Å². The molecule has 0 amide bonds. The number of nitrogens with zero attached hydrogens (tertiary/aromatic N) is 2. The van der Waals surface area contributed by atoms with E-state index in [0.717, 1.165) is 11.6 Å². The van der Waals surface area contributed by atoms with Gasteiger partial charge in [-0.05, 0) is 47.9 Å². The molecule has 0 bridgehead atoms. The van der Waals surface area contributed by atoms with E-state index in [1.54, 1.807) is 16.7 Å². The van der Waals surface area contributed by atoms with Crippen LogP contribution in [0.4, 0.5) is 0 Å². The molecule has 3 aromatic rings. The summed E-state index contributed by atoms with van der Waals surface area (Å²) in [5, 5.41) is 3.63. The second-order valence-corrected chi connectivity index (χ2v) is 8.62. The van der Waals surface area contributed by atoms with E-state index >= 15 is 0 Å². The van der Waals surface area contributed by atoms with Crippen LogP contribution in [0.1, 0.15) is 74.7 Å². The Hall–Kier alpha value is -2.46. The zero-order chi connectivity index (χ0) is 20.2. The van der Waals surface area contributed by atoms with Crippen LogP contribution in [0.5, 0.6) is 0 Å². The van der Waals surface area contributed by atoms with Crippen molar-refractivity contribution in [3.05, 3.63) is 81.9 Å². The van der Waals surface area contributed by atoms with Crippen molar-refractivity contribution >= 4 is 5.65 Å². The van der Waals surface area contributed by atoms with Gasteiger partial charge in [0.1, 0.15) is 5.65 Å². The summed E-state index contributed by atoms with van der Waals surface area (Å²) < 4.78 is 1.58. The summed E-state index contributed by atoms with van der Waals surface area (Å²) in [6, 6.07) is 16.7. The molecule has 1 aromatic carbocycles. The molecule has 1 atom stereocenters. The molecular formula is C25H31N3O. The smallest absolute Gasteiger partial charge is 0.258 e. The van der Waals surface area contributed by atoms with Gasteiger partial charge in [0.15, 0.2) is 0 Å². The van der Waals surface area contributed by atoms with Crippen LogP contribution in [-0.2, 0) is 6.54 Å². The van der Waals surface area contributed by atoms with Crippen LogP contribution in [-0.4, -0.2) is 9.38 Å². The van der Waals surface area contributed by atoms with Crippen LogP contribution in [0.15, 0.2) is 59.5 Å². The molecule has 1 aliphatic rings. The SMILES string of the molecule is CC(C)[C@H](NCc1cc(=O)n2ccccc2n1)c1ccc(C2CCCCC2)cc1. The molecule has 4 rings (SSSR count). The van der Waals surface area contributed by atoms with Crippen LogP contribution in [0.3, 0.4) is 0 Å². The Morgan fingerprint density at radius 1 is 1.07 bits per heavy atom. The number of nitrogens with one attached hydrogen (secondary N) is 1. The molecule has 0 unspecified atom stereocenters. The Balaban J connectivity index is 1.49. The topological polar surface area (TPSA) is 46.4 Å². The molecule has 1 aliphatic carbocycles. The number of fused-ring (bicyclic) bond motifs is 1. The molecule has 4 nitrogen and oxygen atoms in total. The molecule has 2 aromatic heterocycles. The number of rotatable bonds is 6. The number of hydrogen-bond acceptors (Lipinski definition) is 3. The number of hydrogen-bond donors (Lipinski definition) is 1. The van der Waals surface area contributed by atoms with Gasteiger partial charge >= 0.3 is 0 Å². The Kier molecular flexibility index (Phi) is 6.10. The highest BCUT2D eigenvalue weighted by Gasteiger charge is 2.18. The minimum atomic E-state index is -0.0367. The third-order valence-electron chi connectivity index (χ3n) is 6.17. The lowest BCUT2D eigenvalue weighted by atomic mass is 9.83. The summed E-state index contributed by atoms with van der Waals surface area (Å²) in [6.07, 6.45) is 8.53. The predicted octanol–water partition coefficient (Wildman–Crippen LogP) is 5.23. The molecule has 29 heavy (non-hydrogen) atoms. The van der Waals surface area contributed by atoms with Crippen LogP contribution in [0.25, 0.3) is 5.65 Å². The van der Waals surface area contributed by atoms with Gasteiger partial charge in [-0.2, -0.15) is 0 Å². The average molecular weight is 390 g/mol.